The quantitative estimate of drug-likeness (QED) is 0.327. The van der Waals surface area contributed by atoms with Crippen molar-refractivity contribution >= 4 is 11.8 Å². The van der Waals surface area contributed by atoms with Crippen molar-refractivity contribution in [3.8, 4) is 11.1 Å². The minimum Gasteiger partial charge on any atom is -0.334 e. The Labute approximate surface area is 196 Å². The lowest BCUT2D eigenvalue weighted by Gasteiger charge is -2.20. The van der Waals surface area contributed by atoms with Gasteiger partial charge in [-0.15, -0.1) is 0 Å². The number of hydrogen-bond donors (Lipinski definition) is 2. The van der Waals surface area contributed by atoms with Crippen LogP contribution in [0.25, 0.3) is 11.1 Å². The first kappa shape index (κ1) is 24.2. The fraction of sp³-hybridized carbons (Fsp3) is 0.321. The fourth-order valence-electron chi connectivity index (χ4n) is 3.75. The summed E-state index contributed by atoms with van der Waals surface area (Å²) in [6, 6.07) is 23.6. The highest BCUT2D eigenvalue weighted by molar-refractivity contribution is 5.77. The summed E-state index contributed by atoms with van der Waals surface area (Å²) in [7, 11) is 0. The molecule has 3 rings (SSSR count). The van der Waals surface area contributed by atoms with E-state index in [0.29, 0.717) is 25.2 Å². The van der Waals surface area contributed by atoms with Crippen molar-refractivity contribution in [2.24, 2.45) is 0 Å². The Morgan fingerprint density at radius 3 is 2.33 bits per heavy atom. The van der Waals surface area contributed by atoms with E-state index in [2.05, 4.69) is 33.8 Å². The van der Waals surface area contributed by atoms with Crippen LogP contribution in [0.5, 0.6) is 0 Å². The second-order valence-electron chi connectivity index (χ2n) is 8.19. The average Bonchev–Trinajstić information content (AvgIpc) is 2.87. The number of Topliss-reactive ketones (excluding diaryl/α,β-unsaturated/α-hetero) is 1. The summed E-state index contributed by atoms with van der Waals surface area (Å²) >= 11 is 0. The molecular weight excluding hydrogens is 410 g/mol. The standard InChI is InChI=1S/C28H33N3O2/c1-2-25(32)16-10-5-11-17-26(31-28(33)30-21-22-12-6-3-7-13-22)27-20-24(18-19-29-27)23-14-8-4-9-15-23/h3-4,6-9,12-15,18-20,26H,2,5,10-11,16-17,21H2,1H3,(H2,30,31,33)/t26-/m0/s1. The van der Waals surface area contributed by atoms with Gasteiger partial charge in [0.2, 0.25) is 0 Å². The van der Waals surface area contributed by atoms with Crippen LogP contribution in [0, 0.1) is 0 Å². The molecule has 0 saturated heterocycles. The lowest BCUT2D eigenvalue weighted by Crippen LogP contribution is -2.38. The summed E-state index contributed by atoms with van der Waals surface area (Å²) < 4.78 is 0. The van der Waals surface area contributed by atoms with Gasteiger partial charge in [-0.3, -0.25) is 9.78 Å². The molecule has 172 valence electrons. The van der Waals surface area contributed by atoms with Gasteiger partial charge < -0.3 is 10.6 Å². The maximum Gasteiger partial charge on any atom is 0.315 e. The van der Waals surface area contributed by atoms with Gasteiger partial charge in [-0.25, -0.2) is 4.79 Å². The zero-order valence-corrected chi connectivity index (χ0v) is 19.3. The van der Waals surface area contributed by atoms with Gasteiger partial charge in [-0.05, 0) is 41.7 Å². The van der Waals surface area contributed by atoms with E-state index < -0.39 is 0 Å². The van der Waals surface area contributed by atoms with Crippen molar-refractivity contribution in [1.29, 1.82) is 0 Å². The zero-order chi connectivity index (χ0) is 23.3. The third-order valence-corrected chi connectivity index (χ3v) is 5.69. The SMILES string of the molecule is CCC(=O)CCCCC[C@H](NC(=O)NCc1ccccc1)c1cc(-c2ccccc2)ccn1. The lowest BCUT2D eigenvalue weighted by atomic mass is 10.00. The number of hydrogen-bond acceptors (Lipinski definition) is 3. The number of ketones is 1. The van der Waals surface area contributed by atoms with Crippen molar-refractivity contribution in [3.63, 3.8) is 0 Å². The maximum atomic E-state index is 12.7. The molecule has 0 aliphatic carbocycles. The van der Waals surface area contributed by atoms with Crippen LogP contribution < -0.4 is 10.6 Å². The molecule has 5 heteroatoms. The molecule has 2 amide bonds. The number of unbranched alkanes of at least 4 members (excludes halogenated alkanes) is 2. The monoisotopic (exact) mass is 443 g/mol. The molecule has 2 N–H and O–H groups in total. The first-order valence-corrected chi connectivity index (χ1v) is 11.8. The van der Waals surface area contributed by atoms with Crippen molar-refractivity contribution < 1.29 is 9.59 Å². The van der Waals surface area contributed by atoms with Crippen LogP contribution in [0.2, 0.25) is 0 Å². The van der Waals surface area contributed by atoms with Crippen molar-refractivity contribution in [1.82, 2.24) is 15.6 Å². The molecule has 2 aromatic carbocycles. The van der Waals surface area contributed by atoms with Crippen molar-refractivity contribution in [2.45, 2.75) is 58.0 Å². The summed E-state index contributed by atoms with van der Waals surface area (Å²) in [6.45, 7) is 2.37. The van der Waals surface area contributed by atoms with E-state index in [9.17, 15) is 9.59 Å². The van der Waals surface area contributed by atoms with Crippen LogP contribution in [0.4, 0.5) is 4.79 Å². The van der Waals surface area contributed by atoms with Gasteiger partial charge in [-0.2, -0.15) is 0 Å². The predicted octanol–water partition coefficient (Wildman–Crippen LogP) is 6.22. The molecule has 0 radical (unpaired) electrons. The predicted molar refractivity (Wildman–Crippen MR) is 133 cm³/mol. The molecule has 33 heavy (non-hydrogen) atoms. The molecular formula is C28H33N3O2. The highest BCUT2D eigenvalue weighted by Crippen LogP contribution is 2.24. The van der Waals surface area contributed by atoms with Crippen LogP contribution in [-0.2, 0) is 11.3 Å². The fourth-order valence-corrected chi connectivity index (χ4v) is 3.75. The molecule has 0 bridgehead atoms. The second kappa shape index (κ2) is 13.2. The van der Waals surface area contributed by atoms with Crippen LogP contribution in [-0.4, -0.2) is 16.8 Å². The summed E-state index contributed by atoms with van der Waals surface area (Å²) in [4.78, 5) is 28.8. The van der Waals surface area contributed by atoms with Gasteiger partial charge in [0, 0.05) is 25.6 Å². The molecule has 0 spiro atoms. The molecule has 1 aromatic heterocycles. The number of carbonyl (C=O) groups excluding carboxylic acids is 2. The van der Waals surface area contributed by atoms with Crippen molar-refractivity contribution in [3.05, 3.63) is 90.3 Å². The minimum atomic E-state index is -0.211. The number of amides is 2. The average molecular weight is 444 g/mol. The summed E-state index contributed by atoms with van der Waals surface area (Å²) in [5, 5.41) is 6.06. The molecule has 0 aliphatic heterocycles. The Morgan fingerprint density at radius 2 is 1.61 bits per heavy atom. The minimum absolute atomic E-state index is 0.202. The first-order chi connectivity index (χ1) is 16.2. The van der Waals surface area contributed by atoms with E-state index in [1.807, 2.05) is 61.5 Å². The normalized spacial score (nSPS) is 11.5. The molecule has 0 unspecified atom stereocenters. The summed E-state index contributed by atoms with van der Waals surface area (Å²) in [5.41, 5.74) is 4.09. The van der Waals surface area contributed by atoms with Gasteiger partial charge >= 0.3 is 6.03 Å². The molecule has 0 aliphatic rings. The van der Waals surface area contributed by atoms with E-state index in [0.717, 1.165) is 48.1 Å². The Kier molecular flexibility index (Phi) is 9.64. The van der Waals surface area contributed by atoms with Crippen LogP contribution >= 0.6 is 0 Å². The number of nitrogens with zero attached hydrogens (tertiary/aromatic N) is 1. The zero-order valence-electron chi connectivity index (χ0n) is 19.3. The second-order valence-corrected chi connectivity index (χ2v) is 8.19. The molecule has 0 fully saturated rings. The molecule has 5 nitrogen and oxygen atoms in total. The molecule has 0 saturated carbocycles. The Balaban J connectivity index is 1.65. The first-order valence-electron chi connectivity index (χ1n) is 11.8. The summed E-state index contributed by atoms with van der Waals surface area (Å²) in [5.74, 6) is 0.308. The number of benzene rings is 2. The van der Waals surface area contributed by atoms with Gasteiger partial charge in [0.25, 0.3) is 0 Å². The van der Waals surface area contributed by atoms with E-state index in [1.54, 1.807) is 6.20 Å². The number of rotatable bonds is 12. The van der Waals surface area contributed by atoms with E-state index >= 15 is 0 Å². The van der Waals surface area contributed by atoms with E-state index in [-0.39, 0.29) is 12.1 Å². The Hall–Kier alpha value is -3.47. The van der Waals surface area contributed by atoms with E-state index in [4.69, 9.17) is 0 Å². The number of pyridine rings is 1. The van der Waals surface area contributed by atoms with Crippen LogP contribution in [0.3, 0.4) is 0 Å². The number of nitrogens with one attached hydrogen (secondary N) is 2. The van der Waals surface area contributed by atoms with Crippen LogP contribution in [0.15, 0.2) is 79.0 Å². The largest absolute Gasteiger partial charge is 0.334 e. The topological polar surface area (TPSA) is 71.1 Å². The van der Waals surface area contributed by atoms with Gasteiger partial charge in [-0.1, -0.05) is 80.4 Å². The Morgan fingerprint density at radius 1 is 0.879 bits per heavy atom. The van der Waals surface area contributed by atoms with Gasteiger partial charge in [0.05, 0.1) is 11.7 Å². The molecule has 1 atom stereocenters. The number of aromatic nitrogens is 1. The van der Waals surface area contributed by atoms with E-state index in [1.165, 1.54) is 0 Å². The Bertz CT molecular complexity index is 1010. The van der Waals surface area contributed by atoms with Gasteiger partial charge in [0.15, 0.2) is 0 Å². The smallest absolute Gasteiger partial charge is 0.315 e. The van der Waals surface area contributed by atoms with Gasteiger partial charge in [0.1, 0.15) is 5.78 Å². The number of carbonyl (C=O) groups is 2. The number of urea groups is 1. The van der Waals surface area contributed by atoms with Crippen LogP contribution in [0.1, 0.15) is 62.7 Å². The highest BCUT2D eigenvalue weighted by Gasteiger charge is 2.17. The third kappa shape index (κ3) is 8.19. The summed E-state index contributed by atoms with van der Waals surface area (Å²) in [6.07, 6.45) is 6.55. The maximum absolute atomic E-state index is 12.7. The highest BCUT2D eigenvalue weighted by atomic mass is 16.2. The molecule has 3 aromatic rings. The lowest BCUT2D eigenvalue weighted by molar-refractivity contribution is -0.118. The molecule has 1 heterocycles. The van der Waals surface area contributed by atoms with Crippen molar-refractivity contribution in [2.75, 3.05) is 0 Å². The third-order valence-electron chi connectivity index (χ3n) is 5.69.